The second-order valence-corrected chi connectivity index (χ2v) is 7.10. The number of methoxy groups -OCH3 is 1. The van der Waals surface area contributed by atoms with Crippen LogP contribution in [0.3, 0.4) is 0 Å². The predicted octanol–water partition coefficient (Wildman–Crippen LogP) is 5.22. The van der Waals surface area contributed by atoms with E-state index >= 15 is 0 Å². The number of ether oxygens (including phenoxy) is 2. The van der Waals surface area contributed by atoms with Gasteiger partial charge in [-0.15, -0.1) is 11.8 Å². The van der Waals surface area contributed by atoms with Crippen molar-refractivity contribution in [3.8, 4) is 5.75 Å². The molecule has 0 bridgehead atoms. The highest BCUT2D eigenvalue weighted by Crippen LogP contribution is 2.39. The fourth-order valence-electron chi connectivity index (χ4n) is 2.91. The van der Waals surface area contributed by atoms with E-state index in [1.165, 1.54) is 16.0 Å². The van der Waals surface area contributed by atoms with Crippen molar-refractivity contribution in [1.29, 1.82) is 0 Å². The molecule has 2 nitrogen and oxygen atoms in total. The molecular formula is C20H23FO2S. The standard InChI is InChI=1S/C20H23FO2S/c1-22-18-6-2-15(3-7-18)14-24-20-8-4-16(5-9-20)17-12-19(13-17)23-11-10-21/h2-9,17,19H,10-14H2,1H3/t17-,19-. The molecule has 1 saturated carbocycles. The lowest BCUT2D eigenvalue weighted by Crippen LogP contribution is -2.30. The SMILES string of the molecule is COc1ccc(CSc2ccc([C@H]3C[C@H](OCCF)C3)cc2)cc1. The highest BCUT2D eigenvalue weighted by Gasteiger charge is 2.30. The normalized spacial score (nSPS) is 19.8. The van der Waals surface area contributed by atoms with Gasteiger partial charge in [0.25, 0.3) is 0 Å². The molecule has 0 unspecified atom stereocenters. The van der Waals surface area contributed by atoms with Crippen molar-refractivity contribution in [3.63, 3.8) is 0 Å². The largest absolute Gasteiger partial charge is 0.497 e. The van der Waals surface area contributed by atoms with E-state index in [9.17, 15) is 4.39 Å². The van der Waals surface area contributed by atoms with Crippen LogP contribution < -0.4 is 4.74 Å². The maximum atomic E-state index is 12.1. The van der Waals surface area contributed by atoms with Gasteiger partial charge >= 0.3 is 0 Å². The van der Waals surface area contributed by atoms with Crippen molar-refractivity contribution in [2.45, 2.75) is 35.5 Å². The van der Waals surface area contributed by atoms with Crippen molar-refractivity contribution < 1.29 is 13.9 Å². The molecule has 3 rings (SSSR count). The number of rotatable bonds is 8. The van der Waals surface area contributed by atoms with Gasteiger partial charge < -0.3 is 9.47 Å². The summed E-state index contributed by atoms with van der Waals surface area (Å²) < 4.78 is 22.7. The van der Waals surface area contributed by atoms with Crippen molar-refractivity contribution in [3.05, 3.63) is 59.7 Å². The minimum Gasteiger partial charge on any atom is -0.497 e. The smallest absolute Gasteiger partial charge is 0.118 e. The molecule has 1 aliphatic rings. The molecule has 0 N–H and O–H groups in total. The summed E-state index contributed by atoms with van der Waals surface area (Å²) in [5, 5.41) is 0. The van der Waals surface area contributed by atoms with E-state index in [0.717, 1.165) is 24.3 Å². The van der Waals surface area contributed by atoms with Gasteiger partial charge in [-0.25, -0.2) is 4.39 Å². The van der Waals surface area contributed by atoms with Crippen molar-refractivity contribution in [2.75, 3.05) is 20.4 Å². The molecule has 1 fully saturated rings. The average Bonchev–Trinajstić information content (AvgIpc) is 2.60. The Balaban J connectivity index is 1.46. The topological polar surface area (TPSA) is 18.5 Å². The zero-order valence-corrected chi connectivity index (χ0v) is 14.7. The first kappa shape index (κ1) is 17.3. The maximum absolute atomic E-state index is 12.1. The molecule has 2 aromatic carbocycles. The van der Waals surface area contributed by atoms with Gasteiger partial charge in [0, 0.05) is 10.6 Å². The van der Waals surface area contributed by atoms with Crippen molar-refractivity contribution >= 4 is 11.8 Å². The number of thioether (sulfide) groups is 1. The molecule has 0 aromatic heterocycles. The minimum atomic E-state index is -0.388. The summed E-state index contributed by atoms with van der Waals surface area (Å²) in [6, 6.07) is 17.0. The molecule has 24 heavy (non-hydrogen) atoms. The molecule has 128 valence electrons. The van der Waals surface area contributed by atoms with E-state index in [1.807, 2.05) is 23.9 Å². The quantitative estimate of drug-likeness (QED) is 0.611. The van der Waals surface area contributed by atoms with Crippen LogP contribution in [0.1, 0.15) is 29.9 Å². The summed E-state index contributed by atoms with van der Waals surface area (Å²) >= 11 is 1.84. The van der Waals surface area contributed by atoms with Crippen LogP contribution in [0.5, 0.6) is 5.75 Å². The Hall–Kier alpha value is -1.52. The minimum absolute atomic E-state index is 0.234. The maximum Gasteiger partial charge on any atom is 0.118 e. The van der Waals surface area contributed by atoms with Gasteiger partial charge in [-0.1, -0.05) is 24.3 Å². The third-order valence-electron chi connectivity index (χ3n) is 4.44. The Morgan fingerprint density at radius 1 is 1.04 bits per heavy atom. The predicted molar refractivity (Wildman–Crippen MR) is 96.7 cm³/mol. The van der Waals surface area contributed by atoms with Crippen LogP contribution in [0.25, 0.3) is 0 Å². The second-order valence-electron chi connectivity index (χ2n) is 6.06. The highest BCUT2D eigenvalue weighted by atomic mass is 32.2. The average molecular weight is 346 g/mol. The third kappa shape index (κ3) is 4.52. The number of hydrogen-bond donors (Lipinski definition) is 0. The molecule has 0 spiro atoms. The lowest BCUT2D eigenvalue weighted by molar-refractivity contribution is -0.0153. The Morgan fingerprint density at radius 2 is 1.75 bits per heavy atom. The molecule has 0 aliphatic heterocycles. The Morgan fingerprint density at radius 3 is 2.38 bits per heavy atom. The molecule has 4 heteroatoms. The van der Waals surface area contributed by atoms with Crippen LogP contribution in [0.4, 0.5) is 4.39 Å². The van der Waals surface area contributed by atoms with E-state index < -0.39 is 0 Å². The van der Waals surface area contributed by atoms with Gasteiger partial charge in [-0.3, -0.25) is 0 Å². The summed E-state index contributed by atoms with van der Waals surface area (Å²) in [5.74, 6) is 2.41. The Kier molecular flexibility index (Phi) is 6.16. The summed E-state index contributed by atoms with van der Waals surface area (Å²) in [6.07, 6.45) is 2.27. The van der Waals surface area contributed by atoms with Crippen LogP contribution in [0, 0.1) is 0 Å². The monoisotopic (exact) mass is 346 g/mol. The molecule has 1 aliphatic carbocycles. The Bertz CT molecular complexity index is 621. The van der Waals surface area contributed by atoms with Gasteiger partial charge in [0.15, 0.2) is 0 Å². The molecule has 2 aromatic rings. The van der Waals surface area contributed by atoms with Crippen molar-refractivity contribution in [1.82, 2.24) is 0 Å². The van der Waals surface area contributed by atoms with Crippen LogP contribution >= 0.6 is 11.8 Å². The van der Waals surface area contributed by atoms with Crippen LogP contribution in [0.15, 0.2) is 53.4 Å². The lowest BCUT2D eigenvalue weighted by Gasteiger charge is -2.35. The summed E-state index contributed by atoms with van der Waals surface area (Å²) in [7, 11) is 1.68. The molecule has 0 atom stereocenters. The van der Waals surface area contributed by atoms with Crippen LogP contribution in [-0.2, 0) is 10.5 Å². The van der Waals surface area contributed by atoms with E-state index in [1.54, 1.807) is 7.11 Å². The van der Waals surface area contributed by atoms with Gasteiger partial charge in [-0.2, -0.15) is 0 Å². The zero-order chi connectivity index (χ0) is 16.8. The van der Waals surface area contributed by atoms with E-state index in [2.05, 4.69) is 36.4 Å². The summed E-state index contributed by atoms with van der Waals surface area (Å²) in [6.45, 7) is -0.153. The molecule has 0 radical (unpaired) electrons. The van der Waals surface area contributed by atoms with Crippen molar-refractivity contribution in [2.24, 2.45) is 0 Å². The highest BCUT2D eigenvalue weighted by molar-refractivity contribution is 7.98. The fraction of sp³-hybridized carbons (Fsp3) is 0.400. The van der Waals surface area contributed by atoms with E-state index in [4.69, 9.17) is 9.47 Å². The number of alkyl halides is 1. The summed E-state index contributed by atoms with van der Waals surface area (Å²) in [5.41, 5.74) is 2.65. The van der Waals surface area contributed by atoms with Gasteiger partial charge in [-0.05, 0) is 54.2 Å². The zero-order valence-electron chi connectivity index (χ0n) is 13.9. The first-order valence-electron chi connectivity index (χ1n) is 8.31. The van der Waals surface area contributed by atoms with Gasteiger partial charge in [0.05, 0.1) is 19.8 Å². The van der Waals surface area contributed by atoms with E-state index in [-0.39, 0.29) is 19.4 Å². The van der Waals surface area contributed by atoms with Crippen LogP contribution in [-0.4, -0.2) is 26.5 Å². The number of benzene rings is 2. The second kappa shape index (κ2) is 8.54. The molecule has 0 heterocycles. The number of hydrogen-bond acceptors (Lipinski definition) is 3. The molecular weight excluding hydrogens is 323 g/mol. The molecule has 0 saturated heterocycles. The summed E-state index contributed by atoms with van der Waals surface area (Å²) in [4.78, 5) is 1.28. The molecule has 0 amide bonds. The third-order valence-corrected chi connectivity index (χ3v) is 5.52. The Labute approximate surface area is 147 Å². The van der Waals surface area contributed by atoms with Crippen LogP contribution in [0.2, 0.25) is 0 Å². The number of halogens is 1. The first-order valence-corrected chi connectivity index (χ1v) is 9.30. The van der Waals surface area contributed by atoms with Gasteiger partial charge in [0.1, 0.15) is 12.4 Å². The fourth-order valence-corrected chi connectivity index (χ4v) is 3.76. The first-order chi connectivity index (χ1) is 11.8. The lowest BCUT2D eigenvalue weighted by atomic mass is 9.77. The van der Waals surface area contributed by atoms with E-state index in [0.29, 0.717) is 5.92 Å². The van der Waals surface area contributed by atoms with Gasteiger partial charge in [0.2, 0.25) is 0 Å².